The van der Waals surface area contributed by atoms with Crippen molar-refractivity contribution in [3.63, 3.8) is 0 Å². The lowest BCUT2D eigenvalue weighted by Gasteiger charge is -1.93. The Morgan fingerprint density at radius 3 is 2.38 bits per heavy atom. The Morgan fingerprint density at radius 1 is 1.75 bits per heavy atom. The van der Waals surface area contributed by atoms with E-state index in [4.69, 9.17) is 15.2 Å². The van der Waals surface area contributed by atoms with Gasteiger partial charge in [-0.1, -0.05) is 0 Å². The normalized spacial score (nSPS) is 9.75. The molecule has 0 rings (SSSR count). The zero-order valence-electron chi connectivity index (χ0n) is 3.61. The van der Waals surface area contributed by atoms with Crippen molar-refractivity contribution in [3.05, 3.63) is 0 Å². The van der Waals surface area contributed by atoms with Crippen LogP contribution in [0.4, 0.5) is 0 Å². The molecule has 0 aromatic carbocycles. The average Bonchev–Trinajstić information content (AvgIpc) is 1.59. The topological polar surface area (TPSA) is 103 Å². The van der Waals surface area contributed by atoms with Crippen LogP contribution < -0.4 is 0 Å². The molecule has 0 saturated carbocycles. The first-order valence-corrected chi connectivity index (χ1v) is 2.95. The van der Waals surface area contributed by atoms with Gasteiger partial charge in [-0.25, -0.2) is 9.97 Å². The molecule has 0 atom stereocenters. The van der Waals surface area contributed by atoms with Gasteiger partial charge in [0.1, 0.15) is 6.01 Å². The number of hydrogen-bond donors (Lipinski definition) is 3. The molecule has 0 aliphatic carbocycles. The summed E-state index contributed by atoms with van der Waals surface area (Å²) in [5, 5.41) is 8.39. The second-order valence-corrected chi connectivity index (χ2v) is 1.92. The molecule has 0 unspecified atom stereocenters. The fourth-order valence-electron chi connectivity index (χ4n) is 0.0736. The lowest BCUT2D eigenvalue weighted by molar-refractivity contribution is 0.206. The van der Waals surface area contributed by atoms with E-state index in [1.54, 1.807) is 0 Å². The highest BCUT2D eigenvalue weighted by atomic mass is 31.2. The van der Waals surface area contributed by atoms with E-state index in [0.29, 0.717) is 0 Å². The van der Waals surface area contributed by atoms with E-state index >= 15 is 0 Å². The van der Waals surface area contributed by atoms with Crippen LogP contribution >= 0.6 is 7.82 Å². The summed E-state index contributed by atoms with van der Waals surface area (Å²) in [6.07, 6.45) is 0. The summed E-state index contributed by atoms with van der Waals surface area (Å²) in [7, 11) is -4.53. The van der Waals surface area contributed by atoms with E-state index < -0.39 is 7.82 Å². The Hall–Kier alpha value is -0.670. The molecule has 0 radical (unpaired) electrons. The van der Waals surface area contributed by atoms with Crippen LogP contribution in [0.2, 0.25) is 0 Å². The van der Waals surface area contributed by atoms with E-state index in [9.17, 15) is 4.57 Å². The van der Waals surface area contributed by atoms with Gasteiger partial charge in [0.2, 0.25) is 0 Å². The minimum absolute atomic E-state index is 1.28. The molecule has 0 aromatic rings. The first-order chi connectivity index (χ1) is 3.56. The zero-order valence-corrected chi connectivity index (χ0v) is 4.50. The number of rotatable bonds is 2. The van der Waals surface area contributed by atoms with Crippen LogP contribution in [0.15, 0.2) is 5.16 Å². The van der Waals surface area contributed by atoms with Gasteiger partial charge in [0.15, 0.2) is 0 Å². The molecule has 0 amide bonds. The maximum absolute atomic E-state index is 9.65. The third kappa shape index (κ3) is 5.33. The van der Waals surface area contributed by atoms with Crippen molar-refractivity contribution in [1.82, 2.24) is 0 Å². The smallest absolute Gasteiger partial charge is 0.292 e. The summed E-state index contributed by atoms with van der Waals surface area (Å²) in [4.78, 5) is 15.6. The van der Waals surface area contributed by atoms with Gasteiger partial charge in [0, 0.05) is 0 Å². The van der Waals surface area contributed by atoms with E-state index in [-0.39, 0.29) is 0 Å². The Bertz CT molecular complexity index is 153. The van der Waals surface area contributed by atoms with Crippen LogP contribution in [0.3, 0.4) is 0 Å². The summed E-state index contributed by atoms with van der Waals surface area (Å²) < 4.78 is 13.0. The Kier molecular flexibility index (Phi) is 2.37. The minimum atomic E-state index is -4.53. The van der Waals surface area contributed by atoms with Gasteiger partial charge in [0.25, 0.3) is 0 Å². The highest BCUT2D eigenvalue weighted by molar-refractivity contribution is 7.46. The lowest BCUT2D eigenvalue weighted by atomic mass is 11.6. The van der Waals surface area contributed by atoms with Crippen molar-refractivity contribution in [2.75, 3.05) is 0 Å². The van der Waals surface area contributed by atoms with E-state index in [1.807, 2.05) is 0 Å². The molecule has 6 nitrogen and oxygen atoms in total. The molecule has 0 heterocycles. The van der Waals surface area contributed by atoms with Crippen molar-refractivity contribution >= 4 is 13.8 Å². The number of hydrogen-bond acceptors (Lipinski definition) is 4. The molecule has 3 N–H and O–H groups in total. The number of phosphoric acid groups is 1. The van der Waals surface area contributed by atoms with Crippen LogP contribution in [0.1, 0.15) is 0 Å². The molecule has 7 heteroatoms. The number of nitrogens with zero attached hydrogens (tertiary/aromatic N) is 1. The highest BCUT2D eigenvalue weighted by Crippen LogP contribution is 2.35. The maximum Gasteiger partial charge on any atom is 0.545 e. The van der Waals surface area contributed by atoms with E-state index in [2.05, 4.69) is 9.78 Å². The molecule has 0 aliphatic heterocycles. The lowest BCUT2D eigenvalue weighted by Crippen LogP contribution is -1.76. The SMILES string of the molecule is N=C=NOP(=O)(O)O. The van der Waals surface area contributed by atoms with Crippen LogP contribution in [0.5, 0.6) is 0 Å². The third-order valence-corrected chi connectivity index (χ3v) is 0.487. The van der Waals surface area contributed by atoms with Gasteiger partial charge in [-0.15, -0.1) is 0 Å². The molecule has 8 heavy (non-hydrogen) atoms. The summed E-state index contributed by atoms with van der Waals surface area (Å²) in [5.41, 5.74) is 0. The number of nitrogens with one attached hydrogen (secondary N) is 1. The van der Waals surface area contributed by atoms with E-state index in [1.165, 1.54) is 6.01 Å². The monoisotopic (exact) mass is 138 g/mol. The van der Waals surface area contributed by atoms with Gasteiger partial charge in [-0.05, 0) is 5.16 Å². The fraction of sp³-hybridized carbons (Fsp3) is 0. The van der Waals surface area contributed by atoms with Gasteiger partial charge in [-0.2, -0.15) is 0 Å². The maximum atomic E-state index is 9.65. The minimum Gasteiger partial charge on any atom is -0.292 e. The molecule has 0 spiro atoms. The van der Waals surface area contributed by atoms with Gasteiger partial charge in [-0.3, -0.25) is 14.4 Å². The standard InChI is InChI=1S/CH3N2O4P/c2-1-3-7-8(4,5)6/h2H,(H2,4,5,6). The largest absolute Gasteiger partial charge is 0.545 e. The molecule has 46 valence electrons. The zero-order chi connectivity index (χ0) is 6.62. The van der Waals surface area contributed by atoms with Gasteiger partial charge < -0.3 is 0 Å². The van der Waals surface area contributed by atoms with E-state index in [0.717, 1.165) is 0 Å². The van der Waals surface area contributed by atoms with Gasteiger partial charge >= 0.3 is 7.82 Å². The van der Waals surface area contributed by atoms with Crippen LogP contribution in [-0.2, 0) is 9.19 Å². The molecule has 0 fully saturated rings. The van der Waals surface area contributed by atoms with Gasteiger partial charge in [0.05, 0.1) is 0 Å². The Morgan fingerprint density at radius 2 is 2.25 bits per heavy atom. The highest BCUT2D eigenvalue weighted by Gasteiger charge is 2.13. The Balaban J connectivity index is 3.74. The molecule has 0 saturated heterocycles. The van der Waals surface area contributed by atoms with Crippen molar-refractivity contribution in [1.29, 1.82) is 5.41 Å². The van der Waals surface area contributed by atoms with Crippen molar-refractivity contribution < 1.29 is 19.0 Å². The summed E-state index contributed by atoms with van der Waals surface area (Å²) >= 11 is 0. The third-order valence-electron chi connectivity index (χ3n) is 0.193. The predicted molar refractivity (Wildman–Crippen MR) is 23.3 cm³/mol. The molecule has 0 aromatic heterocycles. The van der Waals surface area contributed by atoms with Crippen LogP contribution in [0.25, 0.3) is 0 Å². The van der Waals surface area contributed by atoms with Crippen LogP contribution in [-0.4, -0.2) is 15.8 Å². The molecular weight excluding hydrogens is 135 g/mol. The molecule has 0 aliphatic rings. The van der Waals surface area contributed by atoms with Crippen molar-refractivity contribution in [2.24, 2.45) is 5.16 Å². The summed E-state index contributed by atoms with van der Waals surface area (Å²) in [6.45, 7) is 0. The van der Waals surface area contributed by atoms with Crippen LogP contribution in [0, 0.1) is 5.41 Å². The summed E-state index contributed by atoms with van der Waals surface area (Å²) in [6, 6.07) is 1.28. The van der Waals surface area contributed by atoms with Crippen molar-refractivity contribution in [3.8, 4) is 0 Å². The second kappa shape index (κ2) is 2.59. The first kappa shape index (κ1) is 7.33. The van der Waals surface area contributed by atoms with Crippen molar-refractivity contribution in [2.45, 2.75) is 0 Å². The first-order valence-electron chi connectivity index (χ1n) is 1.42. The molecule has 0 bridgehead atoms. The average molecular weight is 138 g/mol. The predicted octanol–water partition coefficient (Wildman–Crippen LogP) is -0.237. The fourth-order valence-corrected chi connectivity index (χ4v) is 0.221. The second-order valence-electron chi connectivity index (χ2n) is 0.775. The molecular formula is CH3N2O4P. The quantitative estimate of drug-likeness (QED) is 0.278. The Labute approximate surface area is 44.5 Å². The summed E-state index contributed by atoms with van der Waals surface area (Å²) in [5.74, 6) is 0.